The summed E-state index contributed by atoms with van der Waals surface area (Å²) in [5.41, 5.74) is 0. The number of nitrogens with one attached hydrogen (secondary N) is 1. The summed E-state index contributed by atoms with van der Waals surface area (Å²) in [7, 11) is 0. The fourth-order valence-corrected chi connectivity index (χ4v) is 2.42. The zero-order valence-corrected chi connectivity index (χ0v) is 11.5. The van der Waals surface area contributed by atoms with Gasteiger partial charge in [-0.1, -0.05) is 20.3 Å². The summed E-state index contributed by atoms with van der Waals surface area (Å²) in [6, 6.07) is -0.242. The minimum atomic E-state index is -0.361. The van der Waals surface area contributed by atoms with Crippen LogP contribution in [0, 0.1) is 5.92 Å². The topological polar surface area (TPSA) is 49.4 Å². The molecule has 4 heteroatoms. The van der Waals surface area contributed by atoms with Gasteiger partial charge in [0, 0.05) is 18.5 Å². The van der Waals surface area contributed by atoms with Crippen LogP contribution >= 0.6 is 0 Å². The van der Waals surface area contributed by atoms with Crippen LogP contribution in [0.25, 0.3) is 0 Å². The lowest BCUT2D eigenvalue weighted by molar-refractivity contribution is -0.138. The molecule has 0 aromatic rings. The molecular formula is C13H24N2O2. The molecule has 4 nitrogen and oxygen atoms in total. The van der Waals surface area contributed by atoms with Gasteiger partial charge in [-0.25, -0.2) is 0 Å². The Morgan fingerprint density at radius 2 is 1.94 bits per heavy atom. The second-order valence-corrected chi connectivity index (χ2v) is 5.32. The van der Waals surface area contributed by atoms with Crippen molar-refractivity contribution in [1.82, 2.24) is 10.2 Å². The minimum Gasteiger partial charge on any atom is -0.344 e. The fourth-order valence-electron chi connectivity index (χ4n) is 2.42. The van der Waals surface area contributed by atoms with E-state index in [1.54, 1.807) is 0 Å². The van der Waals surface area contributed by atoms with Crippen molar-refractivity contribution in [3.63, 3.8) is 0 Å². The van der Waals surface area contributed by atoms with E-state index in [0.717, 1.165) is 6.42 Å². The van der Waals surface area contributed by atoms with Gasteiger partial charge in [0.2, 0.25) is 11.8 Å². The van der Waals surface area contributed by atoms with Crippen molar-refractivity contribution < 1.29 is 9.59 Å². The first kappa shape index (κ1) is 14.0. The molecule has 1 aliphatic heterocycles. The minimum absolute atomic E-state index is 0.0145. The van der Waals surface area contributed by atoms with Gasteiger partial charge in [-0.2, -0.15) is 0 Å². The van der Waals surface area contributed by atoms with Gasteiger partial charge >= 0.3 is 0 Å². The van der Waals surface area contributed by atoms with Crippen LogP contribution in [-0.4, -0.2) is 34.8 Å². The maximum absolute atomic E-state index is 12.5. The standard InChI is InChI=1S/C13H24N2O2/c1-6-9(4)12-13(17)15(8(2)3)10(5)7-11(16)14-12/h8-10,12H,6-7H2,1-5H3,(H,14,16). The molecule has 0 aliphatic carbocycles. The highest BCUT2D eigenvalue weighted by molar-refractivity contribution is 5.90. The molecule has 1 saturated heterocycles. The normalized spacial score (nSPS) is 28.0. The molecule has 3 atom stereocenters. The van der Waals surface area contributed by atoms with Gasteiger partial charge in [-0.15, -0.1) is 0 Å². The van der Waals surface area contributed by atoms with E-state index < -0.39 is 0 Å². The number of rotatable bonds is 3. The van der Waals surface area contributed by atoms with Crippen molar-refractivity contribution in [2.24, 2.45) is 5.92 Å². The SMILES string of the molecule is CCC(C)C1NC(=O)CC(C)N(C(C)C)C1=O. The van der Waals surface area contributed by atoms with Crippen LogP contribution < -0.4 is 5.32 Å². The van der Waals surface area contributed by atoms with Crippen LogP contribution in [-0.2, 0) is 9.59 Å². The van der Waals surface area contributed by atoms with Gasteiger partial charge in [0.05, 0.1) is 0 Å². The van der Waals surface area contributed by atoms with E-state index in [0.29, 0.717) is 6.42 Å². The summed E-state index contributed by atoms with van der Waals surface area (Å²) in [6.07, 6.45) is 1.29. The second-order valence-electron chi connectivity index (χ2n) is 5.32. The van der Waals surface area contributed by atoms with Crippen molar-refractivity contribution in [2.45, 2.75) is 65.6 Å². The molecule has 1 heterocycles. The second kappa shape index (κ2) is 5.52. The molecule has 3 unspecified atom stereocenters. The first-order valence-electron chi connectivity index (χ1n) is 6.50. The van der Waals surface area contributed by atoms with Gasteiger partial charge in [0.1, 0.15) is 6.04 Å². The number of carbonyl (C=O) groups excluding carboxylic acids is 2. The Morgan fingerprint density at radius 3 is 2.41 bits per heavy atom. The maximum Gasteiger partial charge on any atom is 0.245 e. The van der Waals surface area contributed by atoms with Gasteiger partial charge in [-0.05, 0) is 26.7 Å². The highest BCUT2D eigenvalue weighted by atomic mass is 16.2. The first-order chi connectivity index (χ1) is 7.88. The third kappa shape index (κ3) is 2.99. The highest BCUT2D eigenvalue weighted by Crippen LogP contribution is 2.19. The van der Waals surface area contributed by atoms with Crippen molar-refractivity contribution in [3.8, 4) is 0 Å². The Morgan fingerprint density at radius 1 is 1.35 bits per heavy atom. The quantitative estimate of drug-likeness (QED) is 0.813. The van der Waals surface area contributed by atoms with E-state index in [2.05, 4.69) is 5.32 Å². The molecule has 1 rings (SSSR count). The molecular weight excluding hydrogens is 216 g/mol. The van der Waals surface area contributed by atoms with Crippen LogP contribution in [0.3, 0.4) is 0 Å². The van der Waals surface area contributed by atoms with Crippen LogP contribution in [0.15, 0.2) is 0 Å². The Bertz CT molecular complexity index is 302. The molecule has 2 amide bonds. The zero-order valence-electron chi connectivity index (χ0n) is 11.5. The van der Waals surface area contributed by atoms with E-state index in [9.17, 15) is 9.59 Å². The van der Waals surface area contributed by atoms with Crippen LogP contribution in [0.1, 0.15) is 47.5 Å². The van der Waals surface area contributed by atoms with Crippen LogP contribution in [0.5, 0.6) is 0 Å². The van der Waals surface area contributed by atoms with Crippen molar-refractivity contribution >= 4 is 11.8 Å². The summed E-state index contributed by atoms with van der Waals surface area (Å²) in [5, 5.41) is 2.86. The molecule has 0 aromatic heterocycles. The molecule has 0 saturated carbocycles. The average molecular weight is 240 g/mol. The summed E-state index contributed by atoms with van der Waals surface area (Å²) in [4.78, 5) is 26.0. The van der Waals surface area contributed by atoms with E-state index >= 15 is 0 Å². The molecule has 98 valence electrons. The van der Waals surface area contributed by atoms with Crippen LogP contribution in [0.4, 0.5) is 0 Å². The molecule has 1 aliphatic rings. The average Bonchev–Trinajstić information content (AvgIpc) is 2.34. The number of carbonyl (C=O) groups is 2. The molecule has 0 spiro atoms. The highest BCUT2D eigenvalue weighted by Gasteiger charge is 2.37. The lowest BCUT2D eigenvalue weighted by atomic mass is 9.97. The molecule has 0 bridgehead atoms. The smallest absolute Gasteiger partial charge is 0.245 e. The predicted molar refractivity (Wildman–Crippen MR) is 67.4 cm³/mol. The largest absolute Gasteiger partial charge is 0.344 e. The third-order valence-electron chi connectivity index (χ3n) is 3.56. The summed E-state index contributed by atoms with van der Waals surface area (Å²) >= 11 is 0. The van der Waals surface area contributed by atoms with Crippen LogP contribution in [0.2, 0.25) is 0 Å². The monoisotopic (exact) mass is 240 g/mol. The lowest BCUT2D eigenvalue weighted by Crippen LogP contribution is -2.51. The predicted octanol–water partition coefficient (Wildman–Crippen LogP) is 1.55. The Labute approximate surface area is 104 Å². The molecule has 1 fully saturated rings. The summed E-state index contributed by atoms with van der Waals surface area (Å²) in [5.74, 6) is 0.227. The Balaban J connectivity index is 3.00. The molecule has 1 N–H and O–H groups in total. The van der Waals surface area contributed by atoms with E-state index in [1.807, 2.05) is 39.5 Å². The van der Waals surface area contributed by atoms with Gasteiger partial charge in [0.25, 0.3) is 0 Å². The van der Waals surface area contributed by atoms with E-state index in [1.165, 1.54) is 0 Å². The van der Waals surface area contributed by atoms with Crippen molar-refractivity contribution in [2.75, 3.05) is 0 Å². The van der Waals surface area contributed by atoms with Crippen molar-refractivity contribution in [1.29, 1.82) is 0 Å². The van der Waals surface area contributed by atoms with Crippen molar-refractivity contribution in [3.05, 3.63) is 0 Å². The third-order valence-corrected chi connectivity index (χ3v) is 3.56. The lowest BCUT2D eigenvalue weighted by Gasteiger charge is -2.33. The Kier molecular flexibility index (Phi) is 4.54. The number of amides is 2. The number of nitrogens with zero attached hydrogens (tertiary/aromatic N) is 1. The first-order valence-corrected chi connectivity index (χ1v) is 6.50. The van der Waals surface area contributed by atoms with Gasteiger partial charge in [-0.3, -0.25) is 9.59 Å². The number of hydrogen-bond donors (Lipinski definition) is 1. The molecule has 17 heavy (non-hydrogen) atoms. The summed E-state index contributed by atoms with van der Waals surface area (Å²) in [6.45, 7) is 9.99. The summed E-state index contributed by atoms with van der Waals surface area (Å²) < 4.78 is 0. The maximum atomic E-state index is 12.5. The fraction of sp³-hybridized carbons (Fsp3) is 0.846. The molecule has 0 radical (unpaired) electrons. The van der Waals surface area contributed by atoms with Gasteiger partial charge < -0.3 is 10.2 Å². The van der Waals surface area contributed by atoms with E-state index in [4.69, 9.17) is 0 Å². The van der Waals surface area contributed by atoms with E-state index in [-0.39, 0.29) is 35.9 Å². The number of hydrogen-bond acceptors (Lipinski definition) is 2. The molecule has 0 aromatic carbocycles. The van der Waals surface area contributed by atoms with Gasteiger partial charge in [0.15, 0.2) is 0 Å². The Hall–Kier alpha value is -1.06. The zero-order chi connectivity index (χ0) is 13.2.